The third kappa shape index (κ3) is 4.36. The molecule has 118 valence electrons. The summed E-state index contributed by atoms with van der Waals surface area (Å²) >= 11 is 0. The standard InChI is InChI=1S/C15H22F2N2O2/c1-19(12-6-8-20-9-7-12)14(10-18)11-2-4-13(5-3-11)21-15(16)17/h2-5,12,14-15H,6-10,18H2,1H3. The molecule has 1 atom stereocenters. The molecule has 2 rings (SSSR count). The fourth-order valence-corrected chi connectivity index (χ4v) is 2.76. The molecule has 1 aliphatic rings. The number of nitrogens with zero attached hydrogens (tertiary/aromatic N) is 1. The molecule has 0 aromatic heterocycles. The van der Waals surface area contributed by atoms with Crippen LogP contribution in [0.4, 0.5) is 8.78 Å². The zero-order valence-corrected chi connectivity index (χ0v) is 12.2. The van der Waals surface area contributed by atoms with Crippen LogP contribution < -0.4 is 10.5 Å². The molecule has 0 spiro atoms. The highest BCUT2D eigenvalue weighted by atomic mass is 19.3. The topological polar surface area (TPSA) is 47.7 Å². The van der Waals surface area contributed by atoms with Crippen LogP contribution in [0.2, 0.25) is 0 Å². The van der Waals surface area contributed by atoms with E-state index in [1.807, 2.05) is 0 Å². The molecule has 1 fully saturated rings. The smallest absolute Gasteiger partial charge is 0.387 e. The Bertz CT molecular complexity index is 422. The first kappa shape index (κ1) is 16.1. The van der Waals surface area contributed by atoms with Gasteiger partial charge in [-0.2, -0.15) is 8.78 Å². The SMILES string of the molecule is CN(C1CCOCC1)C(CN)c1ccc(OC(F)F)cc1. The molecule has 1 heterocycles. The molecular weight excluding hydrogens is 278 g/mol. The highest BCUT2D eigenvalue weighted by Crippen LogP contribution is 2.26. The summed E-state index contributed by atoms with van der Waals surface area (Å²) in [6.45, 7) is -0.782. The quantitative estimate of drug-likeness (QED) is 0.876. The van der Waals surface area contributed by atoms with Crippen LogP contribution in [0.15, 0.2) is 24.3 Å². The first-order valence-corrected chi connectivity index (χ1v) is 7.16. The summed E-state index contributed by atoms with van der Waals surface area (Å²) in [5, 5.41) is 0. The molecule has 4 nitrogen and oxygen atoms in total. The van der Waals surface area contributed by atoms with Crippen molar-refractivity contribution in [3.8, 4) is 5.75 Å². The highest BCUT2D eigenvalue weighted by Gasteiger charge is 2.25. The van der Waals surface area contributed by atoms with Crippen molar-refractivity contribution in [2.24, 2.45) is 5.73 Å². The summed E-state index contributed by atoms with van der Waals surface area (Å²) in [7, 11) is 2.05. The van der Waals surface area contributed by atoms with E-state index < -0.39 is 6.61 Å². The fraction of sp³-hybridized carbons (Fsp3) is 0.600. The maximum Gasteiger partial charge on any atom is 0.387 e. The number of likely N-dealkylation sites (N-methyl/N-ethyl adjacent to an activating group) is 1. The molecule has 0 saturated carbocycles. The Morgan fingerprint density at radius 1 is 1.29 bits per heavy atom. The first-order valence-electron chi connectivity index (χ1n) is 7.16. The van der Waals surface area contributed by atoms with Crippen LogP contribution in [0.1, 0.15) is 24.4 Å². The van der Waals surface area contributed by atoms with Crippen molar-refractivity contribution in [1.29, 1.82) is 0 Å². The van der Waals surface area contributed by atoms with Gasteiger partial charge in [0.25, 0.3) is 0 Å². The molecule has 0 radical (unpaired) electrons. The summed E-state index contributed by atoms with van der Waals surface area (Å²) in [6.07, 6.45) is 1.97. The maximum atomic E-state index is 12.2. The van der Waals surface area contributed by atoms with E-state index in [0.717, 1.165) is 31.6 Å². The van der Waals surface area contributed by atoms with E-state index in [2.05, 4.69) is 16.7 Å². The van der Waals surface area contributed by atoms with E-state index in [1.165, 1.54) is 0 Å². The molecule has 1 aromatic rings. The summed E-state index contributed by atoms with van der Waals surface area (Å²) < 4.78 is 34.0. The van der Waals surface area contributed by atoms with Gasteiger partial charge in [-0.05, 0) is 37.6 Å². The Morgan fingerprint density at radius 3 is 2.43 bits per heavy atom. The van der Waals surface area contributed by atoms with E-state index in [-0.39, 0.29) is 11.8 Å². The number of halogens is 2. The molecule has 1 aliphatic heterocycles. The largest absolute Gasteiger partial charge is 0.435 e. The highest BCUT2D eigenvalue weighted by molar-refractivity contribution is 5.29. The van der Waals surface area contributed by atoms with Crippen LogP contribution in [0.5, 0.6) is 5.75 Å². The van der Waals surface area contributed by atoms with Crippen molar-refractivity contribution in [2.45, 2.75) is 31.5 Å². The van der Waals surface area contributed by atoms with E-state index >= 15 is 0 Å². The summed E-state index contributed by atoms with van der Waals surface area (Å²) in [5.74, 6) is 0.165. The molecular formula is C15H22F2N2O2. The molecule has 1 saturated heterocycles. The molecule has 0 amide bonds. The average molecular weight is 300 g/mol. The lowest BCUT2D eigenvalue weighted by Gasteiger charge is -2.37. The molecule has 1 unspecified atom stereocenters. The number of alkyl halides is 2. The Labute approximate surface area is 123 Å². The number of benzene rings is 1. The third-order valence-corrected chi connectivity index (χ3v) is 3.97. The van der Waals surface area contributed by atoms with Crippen LogP contribution in [-0.2, 0) is 4.74 Å². The van der Waals surface area contributed by atoms with E-state index in [9.17, 15) is 8.78 Å². The molecule has 0 aliphatic carbocycles. The van der Waals surface area contributed by atoms with Crippen molar-refractivity contribution < 1.29 is 18.3 Å². The zero-order chi connectivity index (χ0) is 15.2. The van der Waals surface area contributed by atoms with Gasteiger partial charge in [0.1, 0.15) is 5.75 Å². The van der Waals surface area contributed by atoms with Crippen molar-refractivity contribution in [1.82, 2.24) is 4.90 Å². The predicted octanol–water partition coefficient (Wildman–Crippen LogP) is 2.40. The van der Waals surface area contributed by atoms with Crippen LogP contribution >= 0.6 is 0 Å². The zero-order valence-electron chi connectivity index (χ0n) is 12.2. The van der Waals surface area contributed by atoms with Crippen molar-refractivity contribution in [3.05, 3.63) is 29.8 Å². The van der Waals surface area contributed by atoms with Crippen molar-refractivity contribution in [3.63, 3.8) is 0 Å². The van der Waals surface area contributed by atoms with Gasteiger partial charge in [-0.3, -0.25) is 4.90 Å². The molecule has 21 heavy (non-hydrogen) atoms. The maximum absolute atomic E-state index is 12.2. The van der Waals surface area contributed by atoms with Crippen LogP contribution in [0.3, 0.4) is 0 Å². The Hall–Kier alpha value is -1.24. The number of ether oxygens (including phenoxy) is 2. The minimum atomic E-state index is -2.80. The minimum absolute atomic E-state index is 0.0636. The molecule has 2 N–H and O–H groups in total. The number of hydrogen-bond acceptors (Lipinski definition) is 4. The summed E-state index contributed by atoms with van der Waals surface area (Å²) in [6, 6.07) is 7.21. The monoisotopic (exact) mass is 300 g/mol. The second kappa shape index (κ2) is 7.68. The lowest BCUT2D eigenvalue weighted by molar-refractivity contribution is -0.0498. The van der Waals surface area contributed by atoms with Gasteiger partial charge in [-0.15, -0.1) is 0 Å². The van der Waals surface area contributed by atoms with Gasteiger partial charge in [-0.1, -0.05) is 12.1 Å². The third-order valence-electron chi connectivity index (χ3n) is 3.97. The lowest BCUT2D eigenvalue weighted by atomic mass is 10.0. The Balaban J connectivity index is 2.05. The average Bonchev–Trinajstić information content (AvgIpc) is 2.50. The van der Waals surface area contributed by atoms with Gasteiger partial charge in [0, 0.05) is 31.8 Å². The van der Waals surface area contributed by atoms with E-state index in [4.69, 9.17) is 10.5 Å². The Morgan fingerprint density at radius 2 is 1.90 bits per heavy atom. The number of hydrogen-bond donors (Lipinski definition) is 1. The number of nitrogens with two attached hydrogens (primary N) is 1. The predicted molar refractivity (Wildman–Crippen MR) is 76.5 cm³/mol. The van der Waals surface area contributed by atoms with Gasteiger partial charge in [0.05, 0.1) is 0 Å². The van der Waals surface area contributed by atoms with Gasteiger partial charge in [-0.25, -0.2) is 0 Å². The van der Waals surface area contributed by atoms with E-state index in [0.29, 0.717) is 12.6 Å². The van der Waals surface area contributed by atoms with Gasteiger partial charge in [0.2, 0.25) is 0 Å². The van der Waals surface area contributed by atoms with Gasteiger partial charge in [0.15, 0.2) is 0 Å². The van der Waals surface area contributed by atoms with Gasteiger partial charge >= 0.3 is 6.61 Å². The van der Waals surface area contributed by atoms with Gasteiger partial charge < -0.3 is 15.2 Å². The van der Waals surface area contributed by atoms with E-state index in [1.54, 1.807) is 24.3 Å². The number of rotatable bonds is 6. The molecule has 0 bridgehead atoms. The molecule has 6 heteroatoms. The minimum Gasteiger partial charge on any atom is -0.435 e. The van der Waals surface area contributed by atoms with Crippen molar-refractivity contribution in [2.75, 3.05) is 26.8 Å². The summed E-state index contributed by atoms with van der Waals surface area (Å²) in [5.41, 5.74) is 6.91. The fourth-order valence-electron chi connectivity index (χ4n) is 2.76. The second-order valence-electron chi connectivity index (χ2n) is 5.21. The van der Waals surface area contributed by atoms with Crippen LogP contribution in [-0.4, -0.2) is 44.4 Å². The Kier molecular flexibility index (Phi) is 5.90. The lowest BCUT2D eigenvalue weighted by Crippen LogP contribution is -2.41. The van der Waals surface area contributed by atoms with Crippen LogP contribution in [0, 0.1) is 0 Å². The summed E-state index contributed by atoms with van der Waals surface area (Å²) in [4.78, 5) is 2.26. The van der Waals surface area contributed by atoms with Crippen molar-refractivity contribution >= 4 is 0 Å². The van der Waals surface area contributed by atoms with Crippen LogP contribution in [0.25, 0.3) is 0 Å². The normalized spacial score (nSPS) is 18.2. The molecule has 1 aromatic carbocycles. The first-order chi connectivity index (χ1) is 10.1. The second-order valence-corrected chi connectivity index (χ2v) is 5.21.